The first-order chi connectivity index (χ1) is 13.1. The highest BCUT2D eigenvalue weighted by molar-refractivity contribution is 9.10. The van der Waals surface area contributed by atoms with Gasteiger partial charge in [-0.1, -0.05) is 36.9 Å². The maximum atomic E-state index is 9.98. The molecule has 0 atom stereocenters. The van der Waals surface area contributed by atoms with Gasteiger partial charge >= 0.3 is 0 Å². The Hall–Kier alpha value is -2.79. The average Bonchev–Trinajstić information content (AvgIpc) is 2.66. The summed E-state index contributed by atoms with van der Waals surface area (Å²) in [5.74, 6) is 1.49. The molecular weight excluding hydrogens is 406 g/mol. The quantitative estimate of drug-likeness (QED) is 0.483. The molecule has 0 unspecified atom stereocenters. The Balaban J connectivity index is 1.92. The summed E-state index contributed by atoms with van der Waals surface area (Å²) in [6.45, 7) is 6.54. The van der Waals surface area contributed by atoms with Gasteiger partial charge in [-0.2, -0.15) is 0 Å². The molecule has 2 aromatic carbocycles. The molecule has 0 radical (unpaired) electrons. The van der Waals surface area contributed by atoms with Crippen LogP contribution in [0.15, 0.2) is 59.6 Å². The molecule has 0 saturated carbocycles. The molecule has 27 heavy (non-hydrogen) atoms. The van der Waals surface area contributed by atoms with Crippen LogP contribution in [0.4, 0.5) is 0 Å². The number of ether oxygens (including phenoxy) is 2. The summed E-state index contributed by atoms with van der Waals surface area (Å²) in [6, 6.07) is 13.1. The van der Waals surface area contributed by atoms with E-state index in [1.165, 1.54) is 0 Å². The highest BCUT2D eigenvalue weighted by Gasteiger charge is 2.11. The van der Waals surface area contributed by atoms with Crippen molar-refractivity contribution in [2.24, 2.45) is 0 Å². The Morgan fingerprint density at radius 3 is 2.78 bits per heavy atom. The molecule has 0 spiro atoms. The van der Waals surface area contributed by atoms with E-state index >= 15 is 0 Å². The van der Waals surface area contributed by atoms with E-state index in [2.05, 4.69) is 27.5 Å². The molecule has 0 fully saturated rings. The van der Waals surface area contributed by atoms with Crippen molar-refractivity contribution in [2.75, 3.05) is 13.2 Å². The van der Waals surface area contributed by atoms with Crippen molar-refractivity contribution in [1.29, 1.82) is 0 Å². The van der Waals surface area contributed by atoms with Crippen LogP contribution in [-0.2, 0) is 0 Å². The van der Waals surface area contributed by atoms with Crippen molar-refractivity contribution in [1.82, 2.24) is 4.98 Å². The molecular formula is C22H20BrNO3. The summed E-state index contributed by atoms with van der Waals surface area (Å²) in [7, 11) is 0. The van der Waals surface area contributed by atoms with Crippen LogP contribution in [0.25, 0.3) is 23.1 Å². The number of halogens is 1. The van der Waals surface area contributed by atoms with Crippen molar-refractivity contribution in [3.63, 3.8) is 0 Å². The number of phenolic OH excluding ortho intramolecular Hbond substituents is 1. The Morgan fingerprint density at radius 1 is 1.15 bits per heavy atom. The molecule has 3 rings (SSSR count). The van der Waals surface area contributed by atoms with E-state index in [9.17, 15) is 5.11 Å². The lowest BCUT2D eigenvalue weighted by molar-refractivity contribution is 0.295. The largest absolute Gasteiger partial charge is 0.506 e. The minimum atomic E-state index is 0.174. The van der Waals surface area contributed by atoms with Gasteiger partial charge in [-0.3, -0.25) is 0 Å². The first-order valence-corrected chi connectivity index (χ1v) is 9.38. The minimum absolute atomic E-state index is 0.174. The van der Waals surface area contributed by atoms with Gasteiger partial charge in [0.1, 0.15) is 17.9 Å². The summed E-state index contributed by atoms with van der Waals surface area (Å²) in [6.07, 6.45) is 5.53. The molecule has 138 valence electrons. The molecule has 1 heterocycles. The third kappa shape index (κ3) is 4.49. The predicted molar refractivity (Wildman–Crippen MR) is 113 cm³/mol. The number of pyridine rings is 1. The lowest BCUT2D eigenvalue weighted by Crippen LogP contribution is -2.00. The van der Waals surface area contributed by atoms with Crippen LogP contribution in [0.3, 0.4) is 0 Å². The number of para-hydroxylation sites is 1. The Kier molecular flexibility index (Phi) is 6.14. The van der Waals surface area contributed by atoms with Gasteiger partial charge in [0.05, 0.1) is 16.8 Å². The topological polar surface area (TPSA) is 51.6 Å². The highest BCUT2D eigenvalue weighted by Crippen LogP contribution is 2.37. The van der Waals surface area contributed by atoms with Crippen molar-refractivity contribution >= 4 is 39.0 Å². The molecule has 0 aliphatic heterocycles. The summed E-state index contributed by atoms with van der Waals surface area (Å²) in [5, 5.41) is 10.9. The number of phenols is 1. The van der Waals surface area contributed by atoms with E-state index in [0.717, 1.165) is 21.1 Å². The summed E-state index contributed by atoms with van der Waals surface area (Å²) >= 11 is 3.54. The average molecular weight is 426 g/mol. The zero-order valence-electron chi connectivity index (χ0n) is 15.0. The number of aromatic nitrogens is 1. The molecule has 0 aliphatic rings. The van der Waals surface area contributed by atoms with E-state index < -0.39 is 0 Å². The van der Waals surface area contributed by atoms with Crippen LogP contribution >= 0.6 is 15.9 Å². The van der Waals surface area contributed by atoms with Crippen molar-refractivity contribution < 1.29 is 14.6 Å². The molecule has 0 bridgehead atoms. The van der Waals surface area contributed by atoms with Crippen LogP contribution in [0, 0.1) is 0 Å². The monoisotopic (exact) mass is 425 g/mol. The molecule has 1 aromatic heterocycles. The normalized spacial score (nSPS) is 11.0. The van der Waals surface area contributed by atoms with Gasteiger partial charge < -0.3 is 14.6 Å². The van der Waals surface area contributed by atoms with Gasteiger partial charge in [0.25, 0.3) is 0 Å². The zero-order chi connectivity index (χ0) is 19.2. The van der Waals surface area contributed by atoms with E-state index in [4.69, 9.17) is 9.47 Å². The SMILES string of the molecule is C=CCOc1c(Br)cc(/C=C/c2ccc3cccc(O)c3n2)cc1OCC. The second kappa shape index (κ2) is 8.73. The fourth-order valence-corrected chi connectivity index (χ4v) is 3.22. The lowest BCUT2D eigenvalue weighted by Gasteiger charge is -2.13. The Labute approximate surface area is 166 Å². The van der Waals surface area contributed by atoms with Gasteiger partial charge in [-0.25, -0.2) is 4.98 Å². The van der Waals surface area contributed by atoms with Crippen LogP contribution in [0.5, 0.6) is 17.2 Å². The molecule has 0 saturated heterocycles. The van der Waals surface area contributed by atoms with Crippen LogP contribution < -0.4 is 9.47 Å². The Morgan fingerprint density at radius 2 is 2.00 bits per heavy atom. The van der Waals surface area contributed by atoms with Crippen LogP contribution in [0.2, 0.25) is 0 Å². The molecule has 0 aliphatic carbocycles. The number of nitrogens with zero attached hydrogens (tertiary/aromatic N) is 1. The van der Waals surface area contributed by atoms with E-state index in [0.29, 0.717) is 30.2 Å². The third-order valence-corrected chi connectivity index (χ3v) is 4.43. The highest BCUT2D eigenvalue weighted by atomic mass is 79.9. The van der Waals surface area contributed by atoms with Crippen molar-refractivity contribution in [2.45, 2.75) is 6.92 Å². The fourth-order valence-electron chi connectivity index (χ4n) is 2.65. The van der Waals surface area contributed by atoms with Gasteiger partial charge in [-0.05, 0) is 58.8 Å². The van der Waals surface area contributed by atoms with Crippen molar-refractivity contribution in [3.8, 4) is 17.2 Å². The van der Waals surface area contributed by atoms with E-state index in [1.807, 2.05) is 49.4 Å². The Bertz CT molecular complexity index is 998. The maximum absolute atomic E-state index is 9.98. The van der Waals surface area contributed by atoms with Gasteiger partial charge in [-0.15, -0.1) is 0 Å². The van der Waals surface area contributed by atoms with Crippen LogP contribution in [0.1, 0.15) is 18.2 Å². The first-order valence-electron chi connectivity index (χ1n) is 8.59. The number of hydrogen-bond donors (Lipinski definition) is 1. The van der Waals surface area contributed by atoms with Crippen molar-refractivity contribution in [3.05, 3.63) is 70.8 Å². The van der Waals surface area contributed by atoms with Gasteiger partial charge in [0, 0.05) is 5.39 Å². The molecule has 1 N–H and O–H groups in total. The van der Waals surface area contributed by atoms with Gasteiger partial charge in [0.15, 0.2) is 11.5 Å². The summed E-state index contributed by atoms with van der Waals surface area (Å²) in [4.78, 5) is 4.51. The summed E-state index contributed by atoms with van der Waals surface area (Å²) < 4.78 is 12.2. The first kappa shape index (κ1) is 19.0. The molecule has 4 nitrogen and oxygen atoms in total. The molecule has 0 amide bonds. The predicted octanol–water partition coefficient (Wildman–Crippen LogP) is 5.84. The standard InChI is InChI=1S/C22H20BrNO3/c1-3-12-27-22-18(23)13-15(14-20(22)26-4-2)8-10-17-11-9-16-6-5-7-19(25)21(16)24-17/h3,5-11,13-14,25H,1,4,12H2,2H3/b10-8+. The molecule has 5 heteroatoms. The second-order valence-electron chi connectivity index (χ2n) is 5.78. The second-order valence-corrected chi connectivity index (χ2v) is 6.64. The zero-order valence-corrected chi connectivity index (χ0v) is 16.6. The van der Waals surface area contributed by atoms with Gasteiger partial charge in [0.2, 0.25) is 0 Å². The minimum Gasteiger partial charge on any atom is -0.506 e. The smallest absolute Gasteiger partial charge is 0.175 e. The summed E-state index contributed by atoms with van der Waals surface area (Å²) in [5.41, 5.74) is 2.28. The molecule has 3 aromatic rings. The maximum Gasteiger partial charge on any atom is 0.175 e. The third-order valence-electron chi connectivity index (χ3n) is 3.84. The number of aromatic hydroxyl groups is 1. The number of rotatable bonds is 7. The number of hydrogen-bond acceptors (Lipinski definition) is 4. The van der Waals surface area contributed by atoms with E-state index in [-0.39, 0.29) is 5.75 Å². The number of fused-ring (bicyclic) bond motifs is 1. The number of benzene rings is 2. The fraction of sp³-hybridized carbons (Fsp3) is 0.136. The lowest BCUT2D eigenvalue weighted by atomic mass is 10.1. The van der Waals surface area contributed by atoms with Crippen LogP contribution in [-0.4, -0.2) is 23.3 Å². The van der Waals surface area contributed by atoms with E-state index in [1.54, 1.807) is 18.2 Å².